The van der Waals surface area contributed by atoms with Gasteiger partial charge in [-0.05, 0) is 109 Å². The molecule has 1 rings (SSSR count). The molecule has 24 nitrogen and oxygen atoms in total. The lowest BCUT2D eigenvalue weighted by atomic mass is 10.2. The first kappa shape index (κ1) is 72.8. The molecule has 4 N–H and O–H groups in total. The Kier molecular flexibility index (Phi) is 33.7. The summed E-state index contributed by atoms with van der Waals surface area (Å²) in [7, 11) is 0. The van der Waals surface area contributed by atoms with Gasteiger partial charge >= 0.3 is 24.4 Å². The largest absolute Gasteiger partial charge is 0.444 e. The number of alkyl carbamates (subject to hydrolysis) is 4. The van der Waals surface area contributed by atoms with Crippen molar-refractivity contribution in [3.8, 4) is 0 Å². The molecule has 1 fully saturated rings. The number of hydrogen-bond acceptors (Lipinski definition) is 16. The van der Waals surface area contributed by atoms with Crippen LogP contribution in [0.2, 0.25) is 0 Å². The number of carbonyl (C=O) groups is 8. The normalized spacial score (nSPS) is 14.8. The molecule has 0 saturated carbocycles. The zero-order chi connectivity index (χ0) is 60.7. The van der Waals surface area contributed by atoms with Gasteiger partial charge in [-0.1, -0.05) is 27.7 Å². The van der Waals surface area contributed by atoms with Gasteiger partial charge in [0, 0.05) is 131 Å². The standard InChI is InChI=1S/C56H108N12O12/c1-17-25-65(26-18-2)45(69)41-61-33-34-62(42-46(70)66(27-19-3)28-20-4)36-38-64(44-48(72)68(31-23-59-51(75)79-55(11,12)13)32-24-60-52(76)80-56(14,15)16)40-39-63(37-35-61)43-47(71)67(29-21-57-49(73)77-53(5,6)7)30-22-58-50(74)78-54(8,9)10/h17-44H2,1-16H3,(H,57,73)(H,58,74)(H,59,75)(H,60,76). The maximum atomic E-state index is 14.6. The molecule has 0 unspecified atom stereocenters. The van der Waals surface area contributed by atoms with Crippen LogP contribution in [-0.4, -0.2) is 267 Å². The third kappa shape index (κ3) is 35.5. The monoisotopic (exact) mass is 1140 g/mol. The van der Waals surface area contributed by atoms with Crippen LogP contribution in [-0.2, 0) is 38.1 Å². The Morgan fingerprint density at radius 3 is 0.625 bits per heavy atom. The Morgan fingerprint density at radius 2 is 0.475 bits per heavy atom. The number of carbonyl (C=O) groups excluding carboxylic acids is 8. The molecule has 0 atom stereocenters. The molecule has 1 saturated heterocycles. The van der Waals surface area contributed by atoms with E-state index in [1.165, 1.54) is 0 Å². The Balaban J connectivity index is 3.82. The van der Waals surface area contributed by atoms with Crippen molar-refractivity contribution in [2.75, 3.05) is 157 Å². The summed E-state index contributed by atoms with van der Waals surface area (Å²) in [5, 5.41) is 10.9. The molecule has 1 heterocycles. The minimum atomic E-state index is -0.740. The summed E-state index contributed by atoms with van der Waals surface area (Å²) in [5.74, 6) is -0.570. The van der Waals surface area contributed by atoms with Gasteiger partial charge in [0.05, 0.1) is 26.2 Å². The second-order valence-corrected chi connectivity index (χ2v) is 24.3. The van der Waals surface area contributed by atoms with Gasteiger partial charge in [-0.2, -0.15) is 0 Å². The van der Waals surface area contributed by atoms with E-state index in [1.807, 2.05) is 47.3 Å². The molecule has 0 aromatic carbocycles. The Bertz CT molecular complexity index is 1670. The zero-order valence-electron chi connectivity index (χ0n) is 52.3. The molecular formula is C56H108N12O12. The highest BCUT2D eigenvalue weighted by Gasteiger charge is 2.28. The Labute approximate surface area is 480 Å². The van der Waals surface area contributed by atoms with Crippen LogP contribution < -0.4 is 21.3 Å². The predicted octanol–water partition coefficient (Wildman–Crippen LogP) is 4.26. The third-order valence-electron chi connectivity index (χ3n) is 11.9. The van der Waals surface area contributed by atoms with Crippen molar-refractivity contribution in [2.24, 2.45) is 0 Å². The van der Waals surface area contributed by atoms with Gasteiger partial charge < -0.3 is 59.8 Å². The van der Waals surface area contributed by atoms with Gasteiger partial charge in [0.2, 0.25) is 23.6 Å². The van der Waals surface area contributed by atoms with Crippen molar-refractivity contribution in [1.82, 2.24) is 60.5 Å². The predicted molar refractivity (Wildman–Crippen MR) is 310 cm³/mol. The molecule has 1 aliphatic heterocycles. The molecular weight excluding hydrogens is 1030 g/mol. The van der Waals surface area contributed by atoms with Crippen LogP contribution in [0.4, 0.5) is 19.2 Å². The minimum absolute atomic E-state index is 0.00101. The van der Waals surface area contributed by atoms with Crippen molar-refractivity contribution in [2.45, 2.75) is 159 Å². The minimum Gasteiger partial charge on any atom is -0.444 e. The van der Waals surface area contributed by atoms with E-state index in [0.717, 1.165) is 25.7 Å². The van der Waals surface area contributed by atoms with E-state index in [0.29, 0.717) is 78.5 Å². The Morgan fingerprint density at radius 1 is 0.312 bits per heavy atom. The highest BCUT2D eigenvalue weighted by molar-refractivity contribution is 5.80. The second kappa shape index (κ2) is 37.0. The van der Waals surface area contributed by atoms with E-state index in [9.17, 15) is 38.4 Å². The summed E-state index contributed by atoms with van der Waals surface area (Å²) in [4.78, 5) is 123. The van der Waals surface area contributed by atoms with Gasteiger partial charge in [-0.15, -0.1) is 0 Å². The zero-order valence-corrected chi connectivity index (χ0v) is 52.3. The van der Waals surface area contributed by atoms with Gasteiger partial charge in [-0.25, -0.2) is 19.2 Å². The lowest BCUT2D eigenvalue weighted by Gasteiger charge is -2.36. The van der Waals surface area contributed by atoms with Crippen LogP contribution in [0.5, 0.6) is 0 Å². The van der Waals surface area contributed by atoms with Crippen LogP contribution in [0.15, 0.2) is 0 Å². The maximum absolute atomic E-state index is 14.6. The number of amides is 8. The van der Waals surface area contributed by atoms with Crippen LogP contribution in [0.1, 0.15) is 136 Å². The quantitative estimate of drug-likeness (QED) is 0.0800. The van der Waals surface area contributed by atoms with Crippen LogP contribution in [0.3, 0.4) is 0 Å². The third-order valence-corrected chi connectivity index (χ3v) is 11.9. The summed E-state index contributed by atoms with van der Waals surface area (Å²) in [6, 6.07) is 0. The summed E-state index contributed by atoms with van der Waals surface area (Å²) in [6.07, 6.45) is 0.680. The van der Waals surface area contributed by atoms with Gasteiger partial charge in [0.1, 0.15) is 22.4 Å². The number of ether oxygens (including phenoxy) is 4. The summed E-state index contributed by atoms with van der Waals surface area (Å²) >= 11 is 0. The molecule has 24 heteroatoms. The first-order valence-corrected chi connectivity index (χ1v) is 29.1. The van der Waals surface area contributed by atoms with Crippen molar-refractivity contribution >= 4 is 48.0 Å². The summed E-state index contributed by atoms with van der Waals surface area (Å²) in [6.45, 7) is 35.5. The first-order valence-electron chi connectivity index (χ1n) is 29.1. The number of nitrogens with one attached hydrogen (secondary N) is 4. The molecule has 0 aliphatic carbocycles. The fraction of sp³-hybridized carbons (Fsp3) is 0.857. The first-order chi connectivity index (χ1) is 37.3. The van der Waals surface area contributed by atoms with E-state index in [-0.39, 0.29) is 102 Å². The molecule has 8 amide bonds. The average Bonchev–Trinajstić information content (AvgIpc) is 3.31. The molecule has 0 aromatic heterocycles. The van der Waals surface area contributed by atoms with Crippen LogP contribution >= 0.6 is 0 Å². The smallest absolute Gasteiger partial charge is 0.407 e. The summed E-state index contributed by atoms with van der Waals surface area (Å²) < 4.78 is 21.8. The van der Waals surface area contributed by atoms with Gasteiger partial charge in [0.15, 0.2) is 0 Å². The van der Waals surface area contributed by atoms with Crippen molar-refractivity contribution in [3.05, 3.63) is 0 Å². The van der Waals surface area contributed by atoms with Gasteiger partial charge in [0.25, 0.3) is 0 Å². The van der Waals surface area contributed by atoms with Crippen molar-refractivity contribution in [3.63, 3.8) is 0 Å². The fourth-order valence-electron chi connectivity index (χ4n) is 8.33. The molecule has 1 aliphatic rings. The highest BCUT2D eigenvalue weighted by atomic mass is 16.6. The lowest BCUT2D eigenvalue weighted by Crippen LogP contribution is -2.53. The van der Waals surface area contributed by atoms with E-state index in [1.54, 1.807) is 92.9 Å². The Hall–Kier alpha value is -5.20. The van der Waals surface area contributed by atoms with Crippen molar-refractivity contribution < 1.29 is 57.3 Å². The molecule has 0 radical (unpaired) electrons. The number of rotatable bonds is 28. The van der Waals surface area contributed by atoms with Crippen LogP contribution in [0, 0.1) is 0 Å². The van der Waals surface area contributed by atoms with E-state index < -0.39 is 46.8 Å². The fourth-order valence-corrected chi connectivity index (χ4v) is 8.33. The molecule has 80 heavy (non-hydrogen) atoms. The van der Waals surface area contributed by atoms with Gasteiger partial charge in [-0.3, -0.25) is 38.8 Å². The van der Waals surface area contributed by atoms with E-state index >= 15 is 0 Å². The molecule has 0 bridgehead atoms. The molecule has 0 spiro atoms. The highest BCUT2D eigenvalue weighted by Crippen LogP contribution is 2.11. The van der Waals surface area contributed by atoms with Crippen molar-refractivity contribution in [1.29, 1.82) is 0 Å². The maximum Gasteiger partial charge on any atom is 0.407 e. The SMILES string of the molecule is CCCN(CCC)C(=O)CN1CCN(CC(=O)N(CCC)CCC)CCN(CC(=O)N(CCNC(=O)OC(C)(C)C)CCNC(=O)OC(C)(C)C)CCN(CC(=O)N(CCNC(=O)OC(C)(C)C)CCNC(=O)OC(C)(C)C)CC1. The van der Waals surface area contributed by atoms with E-state index in [2.05, 4.69) is 31.1 Å². The molecule has 0 aromatic rings. The van der Waals surface area contributed by atoms with Crippen LogP contribution in [0.25, 0.3) is 0 Å². The average molecular weight is 1140 g/mol. The number of hydrogen-bond donors (Lipinski definition) is 4. The number of nitrogens with zero attached hydrogens (tertiary/aromatic N) is 8. The summed E-state index contributed by atoms with van der Waals surface area (Å²) in [5.41, 5.74) is -2.96. The van der Waals surface area contributed by atoms with E-state index in [4.69, 9.17) is 18.9 Å². The lowest BCUT2D eigenvalue weighted by molar-refractivity contribution is -0.135. The topological polar surface area (TPSA) is 248 Å². The molecule has 464 valence electrons. The second-order valence-electron chi connectivity index (χ2n) is 24.3.